The van der Waals surface area contributed by atoms with E-state index in [0.717, 1.165) is 17.8 Å². The Labute approximate surface area is 210 Å². The molecule has 0 amide bonds. The quantitative estimate of drug-likeness (QED) is 0.340. The molecule has 5 rings (SSSR count). The molecule has 1 fully saturated rings. The van der Waals surface area contributed by atoms with E-state index >= 15 is 0 Å². The molecule has 5 aliphatic rings. The van der Waals surface area contributed by atoms with E-state index in [-0.39, 0.29) is 0 Å². The van der Waals surface area contributed by atoms with E-state index in [2.05, 4.69) is 64.5 Å². The first-order valence-corrected chi connectivity index (χ1v) is 14.7. The lowest BCUT2D eigenvalue weighted by atomic mass is 9.72. The van der Waals surface area contributed by atoms with Crippen molar-refractivity contribution in [3.05, 3.63) is 60.3 Å². The standard InChI is InChI=1S/C32H50N2/c1-2-5-10-14-18-23-34-26-29-19-15-11-7-4-6-9-13-17-22-33-24-21-32(31(25-29)28-34)30(27-33)20-16-12-8-3-1/h2,4-6,9-10,13-14,25,30-32H,1,3,7-8,11-12,15-24,26-28H2/b5-2?,6-4?,13-9-,14-10?/t30-,31+,32-/m1/s1. The molecule has 188 valence electrons. The van der Waals surface area contributed by atoms with Gasteiger partial charge in [0.05, 0.1) is 0 Å². The van der Waals surface area contributed by atoms with Crippen LogP contribution in [0.4, 0.5) is 0 Å². The molecule has 0 spiro atoms. The molecule has 0 aromatic heterocycles. The summed E-state index contributed by atoms with van der Waals surface area (Å²) in [6, 6.07) is 0. The number of rotatable bonds is 0. The number of allylic oxidation sites excluding steroid dienone is 6. The third kappa shape index (κ3) is 8.68. The Bertz CT molecular complexity index is 727. The van der Waals surface area contributed by atoms with Crippen molar-refractivity contribution in [3.8, 4) is 0 Å². The molecule has 0 aliphatic carbocycles. The van der Waals surface area contributed by atoms with Crippen LogP contribution in [-0.4, -0.2) is 49.1 Å². The van der Waals surface area contributed by atoms with Crippen molar-refractivity contribution in [2.75, 3.05) is 39.3 Å². The molecule has 5 atom stereocenters. The van der Waals surface area contributed by atoms with E-state index in [1.807, 2.05) is 0 Å². The lowest BCUT2D eigenvalue weighted by Gasteiger charge is -2.44. The molecule has 5 aliphatic heterocycles. The van der Waals surface area contributed by atoms with Crippen LogP contribution in [0.5, 0.6) is 0 Å². The molecule has 0 aromatic rings. The van der Waals surface area contributed by atoms with Gasteiger partial charge >= 0.3 is 0 Å². The summed E-state index contributed by atoms with van der Waals surface area (Å²) in [5, 5.41) is 0. The highest BCUT2D eigenvalue weighted by molar-refractivity contribution is 5.14. The maximum atomic E-state index is 2.80. The summed E-state index contributed by atoms with van der Waals surface area (Å²) >= 11 is 0. The highest BCUT2D eigenvalue weighted by Gasteiger charge is 2.35. The molecular weight excluding hydrogens is 412 g/mol. The van der Waals surface area contributed by atoms with Gasteiger partial charge in [0.2, 0.25) is 0 Å². The van der Waals surface area contributed by atoms with Crippen molar-refractivity contribution in [2.24, 2.45) is 17.8 Å². The summed E-state index contributed by atoms with van der Waals surface area (Å²) in [5.41, 5.74) is 1.74. The van der Waals surface area contributed by atoms with E-state index in [1.165, 1.54) is 123 Å². The number of nitrogens with zero attached hydrogens (tertiary/aromatic N) is 2. The lowest BCUT2D eigenvalue weighted by molar-refractivity contribution is 0.0714. The van der Waals surface area contributed by atoms with Crippen LogP contribution >= 0.6 is 0 Å². The van der Waals surface area contributed by atoms with Gasteiger partial charge in [0.25, 0.3) is 0 Å². The van der Waals surface area contributed by atoms with E-state index < -0.39 is 0 Å². The molecule has 6 bridgehead atoms. The van der Waals surface area contributed by atoms with Crippen molar-refractivity contribution < 1.29 is 0 Å². The molecule has 2 nitrogen and oxygen atoms in total. The van der Waals surface area contributed by atoms with Crippen molar-refractivity contribution in [2.45, 2.75) is 83.5 Å². The van der Waals surface area contributed by atoms with Gasteiger partial charge in [-0.1, -0.05) is 79.5 Å². The Morgan fingerprint density at radius 2 is 1.26 bits per heavy atom. The first-order valence-electron chi connectivity index (χ1n) is 14.7. The van der Waals surface area contributed by atoms with Crippen LogP contribution in [0.1, 0.15) is 83.5 Å². The molecule has 1 saturated heterocycles. The second kappa shape index (κ2) is 14.9. The summed E-state index contributed by atoms with van der Waals surface area (Å²) in [4.78, 5) is 5.59. The van der Waals surface area contributed by atoms with Crippen molar-refractivity contribution in [3.63, 3.8) is 0 Å². The molecule has 34 heavy (non-hydrogen) atoms. The van der Waals surface area contributed by atoms with Gasteiger partial charge in [-0.3, -0.25) is 4.90 Å². The van der Waals surface area contributed by atoms with Gasteiger partial charge in [-0.05, 0) is 88.5 Å². The second-order valence-electron chi connectivity index (χ2n) is 11.3. The van der Waals surface area contributed by atoms with E-state index in [1.54, 1.807) is 5.57 Å². The van der Waals surface area contributed by atoms with Gasteiger partial charge in [0.15, 0.2) is 0 Å². The second-order valence-corrected chi connectivity index (χ2v) is 11.3. The van der Waals surface area contributed by atoms with Crippen LogP contribution in [0.25, 0.3) is 0 Å². The topological polar surface area (TPSA) is 6.48 Å². The monoisotopic (exact) mass is 462 g/mol. The molecule has 0 radical (unpaired) electrons. The minimum atomic E-state index is 0.769. The number of piperidine rings is 1. The highest BCUT2D eigenvalue weighted by Crippen LogP contribution is 2.37. The summed E-state index contributed by atoms with van der Waals surface area (Å²) in [6.45, 7) is 7.60. The molecule has 2 unspecified atom stereocenters. The molecule has 0 saturated carbocycles. The number of hydrogen-bond donors (Lipinski definition) is 0. The van der Waals surface area contributed by atoms with E-state index in [4.69, 9.17) is 0 Å². The largest absolute Gasteiger partial charge is 0.303 e. The fourth-order valence-corrected chi connectivity index (χ4v) is 6.70. The third-order valence-electron chi connectivity index (χ3n) is 8.58. The molecule has 0 N–H and O–H groups in total. The smallest absolute Gasteiger partial charge is 0.0193 e. The Morgan fingerprint density at radius 1 is 0.588 bits per heavy atom. The lowest BCUT2D eigenvalue weighted by Crippen LogP contribution is -2.47. The first kappa shape index (κ1) is 25.7. The number of hydrogen-bond acceptors (Lipinski definition) is 2. The fraction of sp³-hybridized carbons (Fsp3) is 0.688. The minimum Gasteiger partial charge on any atom is -0.303 e. The summed E-state index contributed by atoms with van der Waals surface area (Å²) in [6.07, 6.45) is 38.7. The van der Waals surface area contributed by atoms with Crippen LogP contribution in [0.3, 0.4) is 0 Å². The van der Waals surface area contributed by atoms with Gasteiger partial charge in [-0.15, -0.1) is 0 Å². The van der Waals surface area contributed by atoms with E-state index in [0.29, 0.717) is 0 Å². The Balaban J connectivity index is 1.52. The van der Waals surface area contributed by atoms with Crippen LogP contribution in [0, 0.1) is 17.8 Å². The first-order chi connectivity index (χ1) is 16.9. The van der Waals surface area contributed by atoms with E-state index in [9.17, 15) is 0 Å². The minimum absolute atomic E-state index is 0.769. The third-order valence-corrected chi connectivity index (χ3v) is 8.58. The van der Waals surface area contributed by atoms with Crippen LogP contribution in [0.2, 0.25) is 0 Å². The predicted molar refractivity (Wildman–Crippen MR) is 148 cm³/mol. The average Bonchev–Trinajstić information content (AvgIpc) is 2.85. The maximum absolute atomic E-state index is 2.80. The summed E-state index contributed by atoms with van der Waals surface area (Å²) in [7, 11) is 0. The molecule has 2 heteroatoms. The zero-order chi connectivity index (χ0) is 23.3. The molecule has 0 aromatic carbocycles. The average molecular weight is 463 g/mol. The zero-order valence-electron chi connectivity index (χ0n) is 21.8. The van der Waals surface area contributed by atoms with Crippen molar-refractivity contribution in [1.82, 2.24) is 9.80 Å². The highest BCUT2D eigenvalue weighted by atomic mass is 15.1. The maximum Gasteiger partial charge on any atom is 0.0193 e. The van der Waals surface area contributed by atoms with Crippen LogP contribution in [0.15, 0.2) is 60.3 Å². The Hall–Kier alpha value is -1.38. The fourth-order valence-electron chi connectivity index (χ4n) is 6.70. The summed E-state index contributed by atoms with van der Waals surface area (Å²) < 4.78 is 0. The van der Waals surface area contributed by atoms with Gasteiger partial charge in [0, 0.05) is 32.7 Å². The Morgan fingerprint density at radius 3 is 2.06 bits per heavy atom. The molecule has 5 heterocycles. The zero-order valence-corrected chi connectivity index (χ0v) is 21.8. The van der Waals surface area contributed by atoms with Gasteiger partial charge < -0.3 is 4.90 Å². The van der Waals surface area contributed by atoms with Crippen molar-refractivity contribution >= 4 is 0 Å². The number of fused-ring (bicyclic) bond motifs is 9. The summed E-state index contributed by atoms with van der Waals surface area (Å²) in [5.74, 6) is 2.53. The Kier molecular flexibility index (Phi) is 11.3. The molecular formula is C32H50N2. The normalized spacial score (nSPS) is 35.5. The van der Waals surface area contributed by atoms with Crippen molar-refractivity contribution in [1.29, 1.82) is 0 Å². The van der Waals surface area contributed by atoms with Gasteiger partial charge in [-0.25, -0.2) is 0 Å². The van der Waals surface area contributed by atoms with Gasteiger partial charge in [0.1, 0.15) is 0 Å². The van der Waals surface area contributed by atoms with Gasteiger partial charge in [-0.2, -0.15) is 0 Å². The van der Waals surface area contributed by atoms with Crippen LogP contribution in [-0.2, 0) is 0 Å². The van der Waals surface area contributed by atoms with Crippen LogP contribution < -0.4 is 0 Å². The predicted octanol–water partition coefficient (Wildman–Crippen LogP) is 7.72. The SMILES string of the molecule is C1=CCCCCCC[C@@H]2CN3CC/C=C\C=CCCCCC4=C[C@@H](CN(CCC=C1)C4)[C@@H]2CC3.